The highest BCUT2D eigenvalue weighted by atomic mass is 19.2. The Morgan fingerprint density at radius 1 is 1.17 bits per heavy atom. The lowest BCUT2D eigenvalue weighted by Gasteiger charge is -2.42. The molecule has 1 heterocycles. The summed E-state index contributed by atoms with van der Waals surface area (Å²) in [5.74, 6) is -3.05. The molecule has 1 unspecified atom stereocenters. The fourth-order valence-corrected chi connectivity index (χ4v) is 3.40. The lowest BCUT2D eigenvalue weighted by molar-refractivity contribution is -0.147. The molecule has 1 atom stereocenters. The fourth-order valence-electron chi connectivity index (χ4n) is 3.40. The van der Waals surface area contributed by atoms with Crippen molar-refractivity contribution in [3.63, 3.8) is 0 Å². The molecule has 1 fully saturated rings. The van der Waals surface area contributed by atoms with Gasteiger partial charge in [0.1, 0.15) is 11.2 Å². The Hall–Kier alpha value is -3.53. The maximum atomic E-state index is 14.1. The van der Waals surface area contributed by atoms with Crippen LogP contribution < -0.4 is 5.32 Å². The summed E-state index contributed by atoms with van der Waals surface area (Å²) in [4.78, 5) is 27.2. The number of rotatable bonds is 3. The van der Waals surface area contributed by atoms with E-state index in [9.17, 15) is 23.6 Å². The molecule has 0 aromatic heterocycles. The van der Waals surface area contributed by atoms with Crippen LogP contribution in [0.3, 0.4) is 0 Å². The molecule has 5 nitrogen and oxygen atoms in total. The average molecular weight is 395 g/mol. The molecule has 29 heavy (non-hydrogen) atoms. The van der Waals surface area contributed by atoms with Crippen LogP contribution in [0.2, 0.25) is 0 Å². The number of hydrogen-bond acceptors (Lipinski definition) is 3. The number of allylic oxidation sites excluding steroid dienone is 1. The molecule has 7 heteroatoms. The van der Waals surface area contributed by atoms with E-state index in [1.165, 1.54) is 31.0 Å². The standard InChI is InChI=1S/C22H19F2N3O2/c1-13(16-9-5-4-7-15(16)12-25)19-20(28)27(3)22(2,21(29)26-19)11-14-8-6-10-17(23)18(14)24/h4-10H,11H2,1-3H3,(H,26,29). The number of benzene rings is 2. The smallest absolute Gasteiger partial charge is 0.271 e. The highest BCUT2D eigenvalue weighted by Crippen LogP contribution is 2.30. The maximum absolute atomic E-state index is 14.1. The van der Waals surface area contributed by atoms with Crippen LogP contribution in [0.5, 0.6) is 0 Å². The second kappa shape index (κ2) is 7.47. The molecule has 3 rings (SSSR count). The molecule has 1 aliphatic rings. The molecule has 0 spiro atoms. The minimum absolute atomic E-state index is 0.00118. The first-order valence-corrected chi connectivity index (χ1v) is 8.93. The van der Waals surface area contributed by atoms with E-state index in [1.54, 1.807) is 31.2 Å². The quantitative estimate of drug-likeness (QED) is 0.812. The van der Waals surface area contributed by atoms with Gasteiger partial charge in [-0.2, -0.15) is 5.26 Å². The number of hydrogen-bond donors (Lipinski definition) is 1. The van der Waals surface area contributed by atoms with Crippen molar-refractivity contribution in [2.24, 2.45) is 0 Å². The molecule has 0 radical (unpaired) electrons. The van der Waals surface area contributed by atoms with Gasteiger partial charge in [0.2, 0.25) is 0 Å². The van der Waals surface area contributed by atoms with Crippen molar-refractivity contribution < 1.29 is 18.4 Å². The van der Waals surface area contributed by atoms with Gasteiger partial charge in [0.25, 0.3) is 11.8 Å². The monoisotopic (exact) mass is 395 g/mol. The van der Waals surface area contributed by atoms with E-state index in [-0.39, 0.29) is 17.7 Å². The zero-order valence-electron chi connectivity index (χ0n) is 16.2. The van der Waals surface area contributed by atoms with Crippen molar-refractivity contribution in [2.45, 2.75) is 25.8 Å². The predicted octanol–water partition coefficient (Wildman–Crippen LogP) is 3.16. The van der Waals surface area contributed by atoms with Crippen LogP contribution in [0.15, 0.2) is 48.2 Å². The van der Waals surface area contributed by atoms with Gasteiger partial charge >= 0.3 is 0 Å². The van der Waals surface area contributed by atoms with E-state index in [0.717, 1.165) is 6.07 Å². The maximum Gasteiger partial charge on any atom is 0.271 e. The van der Waals surface area contributed by atoms with E-state index in [0.29, 0.717) is 16.7 Å². The number of halogens is 2. The van der Waals surface area contributed by atoms with Crippen molar-refractivity contribution >= 4 is 17.4 Å². The van der Waals surface area contributed by atoms with E-state index in [2.05, 4.69) is 11.4 Å². The fraction of sp³-hybridized carbons (Fsp3) is 0.227. The van der Waals surface area contributed by atoms with Gasteiger partial charge < -0.3 is 10.2 Å². The third-order valence-electron chi connectivity index (χ3n) is 5.38. The summed E-state index contributed by atoms with van der Waals surface area (Å²) in [5, 5.41) is 11.9. The number of nitrogens with zero attached hydrogens (tertiary/aromatic N) is 2. The summed E-state index contributed by atoms with van der Waals surface area (Å²) in [7, 11) is 1.45. The number of nitriles is 1. The highest BCUT2D eigenvalue weighted by Gasteiger charge is 2.46. The molecule has 1 N–H and O–H groups in total. The van der Waals surface area contributed by atoms with Crippen LogP contribution in [0.1, 0.15) is 30.5 Å². The molecule has 2 aromatic rings. The van der Waals surface area contributed by atoms with E-state index >= 15 is 0 Å². The van der Waals surface area contributed by atoms with E-state index in [4.69, 9.17) is 0 Å². The molecular formula is C22H19F2N3O2. The zero-order valence-corrected chi connectivity index (χ0v) is 16.2. The van der Waals surface area contributed by atoms with Crippen molar-refractivity contribution in [3.05, 3.63) is 76.5 Å². The first-order chi connectivity index (χ1) is 13.7. The highest BCUT2D eigenvalue weighted by molar-refractivity contribution is 6.10. The minimum Gasteiger partial charge on any atom is -0.326 e. The summed E-state index contributed by atoms with van der Waals surface area (Å²) < 4.78 is 27.7. The number of likely N-dealkylation sites (N-methyl/N-ethyl adjacent to an activating group) is 1. The van der Waals surface area contributed by atoms with Gasteiger partial charge in [-0.1, -0.05) is 30.3 Å². The zero-order chi connectivity index (χ0) is 21.3. The predicted molar refractivity (Wildman–Crippen MR) is 103 cm³/mol. The van der Waals surface area contributed by atoms with Crippen molar-refractivity contribution in [2.75, 3.05) is 7.05 Å². The number of nitrogens with one attached hydrogen (secondary N) is 1. The van der Waals surface area contributed by atoms with Gasteiger partial charge in [0, 0.05) is 13.5 Å². The largest absolute Gasteiger partial charge is 0.326 e. The molecular weight excluding hydrogens is 376 g/mol. The Bertz CT molecular complexity index is 1090. The van der Waals surface area contributed by atoms with Crippen molar-refractivity contribution in [1.82, 2.24) is 10.2 Å². The number of carbonyl (C=O) groups is 2. The first kappa shape index (κ1) is 20.2. The molecule has 0 aliphatic carbocycles. The summed E-state index contributed by atoms with van der Waals surface area (Å²) in [6, 6.07) is 12.5. The van der Waals surface area contributed by atoms with Gasteiger partial charge in [-0.15, -0.1) is 0 Å². The Kier molecular flexibility index (Phi) is 5.21. The number of carbonyl (C=O) groups excluding carboxylic acids is 2. The number of amides is 2. The third-order valence-corrected chi connectivity index (χ3v) is 5.38. The van der Waals surface area contributed by atoms with Crippen LogP contribution in [0.4, 0.5) is 8.78 Å². The third kappa shape index (κ3) is 3.38. The summed E-state index contributed by atoms with van der Waals surface area (Å²) in [6.45, 7) is 3.15. The van der Waals surface area contributed by atoms with Crippen molar-refractivity contribution in [3.8, 4) is 6.07 Å². The Labute approximate surface area is 167 Å². The van der Waals surface area contributed by atoms with Crippen molar-refractivity contribution in [1.29, 1.82) is 5.26 Å². The normalized spacial score (nSPS) is 20.9. The summed E-state index contributed by atoms with van der Waals surface area (Å²) in [6.07, 6.45) is -0.189. The minimum atomic E-state index is -1.41. The summed E-state index contributed by atoms with van der Waals surface area (Å²) in [5.41, 5.74) is -0.00116. The van der Waals surface area contributed by atoms with Crippen LogP contribution in [0.25, 0.3) is 5.57 Å². The van der Waals surface area contributed by atoms with E-state index in [1.807, 2.05) is 0 Å². The second-order valence-electron chi connectivity index (χ2n) is 7.14. The molecule has 1 aliphatic heterocycles. The molecule has 1 saturated heterocycles. The first-order valence-electron chi connectivity index (χ1n) is 8.93. The lowest BCUT2D eigenvalue weighted by Crippen LogP contribution is -2.64. The molecule has 0 saturated carbocycles. The lowest BCUT2D eigenvalue weighted by atomic mass is 9.86. The van der Waals surface area contributed by atoms with Crippen LogP contribution in [-0.2, 0) is 16.0 Å². The van der Waals surface area contributed by atoms with Gasteiger partial charge in [-0.25, -0.2) is 8.78 Å². The Morgan fingerprint density at radius 3 is 2.55 bits per heavy atom. The van der Waals surface area contributed by atoms with Crippen LogP contribution in [0, 0.1) is 23.0 Å². The molecule has 2 aromatic carbocycles. The van der Waals surface area contributed by atoms with E-state index < -0.39 is 29.0 Å². The number of piperazine rings is 1. The topological polar surface area (TPSA) is 73.2 Å². The van der Waals surface area contributed by atoms with Gasteiger partial charge in [0.05, 0.1) is 11.6 Å². The Balaban J connectivity index is 2.01. The average Bonchev–Trinajstić information content (AvgIpc) is 2.72. The SMILES string of the molecule is CC(=C1NC(=O)C(C)(Cc2cccc(F)c2F)N(C)C1=O)c1ccccc1C#N. The van der Waals surface area contributed by atoms with Gasteiger partial charge in [0.15, 0.2) is 11.6 Å². The second-order valence-corrected chi connectivity index (χ2v) is 7.14. The van der Waals surface area contributed by atoms with Crippen LogP contribution >= 0.6 is 0 Å². The molecule has 148 valence electrons. The van der Waals surface area contributed by atoms with Crippen LogP contribution in [-0.4, -0.2) is 29.3 Å². The molecule has 0 bridgehead atoms. The van der Waals surface area contributed by atoms with Gasteiger partial charge in [-0.05, 0) is 42.7 Å². The summed E-state index contributed by atoms with van der Waals surface area (Å²) >= 11 is 0. The molecule has 2 amide bonds. The van der Waals surface area contributed by atoms with Gasteiger partial charge in [-0.3, -0.25) is 9.59 Å². The Morgan fingerprint density at radius 2 is 1.86 bits per heavy atom.